The van der Waals surface area contributed by atoms with Crippen molar-refractivity contribution in [2.24, 2.45) is 23.7 Å². The number of hydrogen-bond donors (Lipinski definition) is 1. The molecular formula is C19H26F5NO5. The molecule has 2 amide bonds. The summed E-state index contributed by atoms with van der Waals surface area (Å²) in [6, 6.07) is -0.733. The highest BCUT2D eigenvalue weighted by Gasteiger charge is 2.50. The van der Waals surface area contributed by atoms with Crippen molar-refractivity contribution in [2.45, 2.75) is 70.5 Å². The van der Waals surface area contributed by atoms with Gasteiger partial charge in [-0.1, -0.05) is 13.8 Å². The summed E-state index contributed by atoms with van der Waals surface area (Å²) in [5, 5.41) is 9.73. The van der Waals surface area contributed by atoms with Crippen LogP contribution in [0, 0.1) is 23.7 Å². The predicted molar refractivity (Wildman–Crippen MR) is 93.6 cm³/mol. The fraction of sp³-hybridized carbons (Fsp3) is 0.842. The Hall–Kier alpha value is -1.94. The van der Waals surface area contributed by atoms with E-state index in [2.05, 4.69) is 0 Å². The molecule has 1 aliphatic carbocycles. The van der Waals surface area contributed by atoms with Gasteiger partial charge < -0.3 is 9.84 Å². The van der Waals surface area contributed by atoms with Crippen molar-refractivity contribution < 1.29 is 46.2 Å². The van der Waals surface area contributed by atoms with Crippen molar-refractivity contribution in [2.75, 3.05) is 6.61 Å². The number of amides is 2. The number of carboxylic acids is 1. The van der Waals surface area contributed by atoms with Gasteiger partial charge in [-0.2, -0.15) is 13.2 Å². The van der Waals surface area contributed by atoms with Gasteiger partial charge in [0.2, 0.25) is 11.8 Å². The van der Waals surface area contributed by atoms with Gasteiger partial charge in [0.05, 0.1) is 17.9 Å². The highest BCUT2D eigenvalue weighted by atomic mass is 19.4. The first-order valence-electron chi connectivity index (χ1n) is 9.90. The quantitative estimate of drug-likeness (QED) is 0.587. The Kier molecular flexibility index (Phi) is 7.34. The molecule has 30 heavy (non-hydrogen) atoms. The summed E-state index contributed by atoms with van der Waals surface area (Å²) in [7, 11) is 0. The summed E-state index contributed by atoms with van der Waals surface area (Å²) < 4.78 is 70.5. The van der Waals surface area contributed by atoms with Gasteiger partial charge in [-0.05, 0) is 31.1 Å². The van der Waals surface area contributed by atoms with E-state index < -0.39 is 79.5 Å². The van der Waals surface area contributed by atoms with Crippen molar-refractivity contribution in [1.29, 1.82) is 0 Å². The monoisotopic (exact) mass is 443 g/mol. The molecule has 1 heterocycles. The lowest BCUT2D eigenvalue weighted by atomic mass is 9.71. The van der Waals surface area contributed by atoms with Crippen LogP contribution in [-0.2, 0) is 14.3 Å². The Balaban J connectivity index is 2.35. The van der Waals surface area contributed by atoms with Crippen LogP contribution in [0.2, 0.25) is 0 Å². The third kappa shape index (κ3) is 5.81. The van der Waals surface area contributed by atoms with Gasteiger partial charge in [0.1, 0.15) is 6.61 Å². The third-order valence-corrected chi connectivity index (χ3v) is 5.96. The zero-order valence-corrected chi connectivity index (χ0v) is 16.8. The van der Waals surface area contributed by atoms with Crippen LogP contribution in [0.4, 0.5) is 26.7 Å². The molecule has 3 atom stereocenters. The first-order chi connectivity index (χ1) is 13.7. The van der Waals surface area contributed by atoms with Gasteiger partial charge in [0, 0.05) is 19.3 Å². The Morgan fingerprint density at radius 1 is 1.23 bits per heavy atom. The summed E-state index contributed by atoms with van der Waals surface area (Å²) in [6.07, 6.45) is -9.59. The second-order valence-electron chi connectivity index (χ2n) is 8.41. The van der Waals surface area contributed by atoms with Gasteiger partial charge in [0.25, 0.3) is 0 Å². The van der Waals surface area contributed by atoms with Crippen molar-refractivity contribution in [3.8, 4) is 0 Å². The highest BCUT2D eigenvalue weighted by molar-refractivity contribution is 5.96. The average Bonchev–Trinajstić information content (AvgIpc) is 2.99. The number of carbonyl (C=O) groups excluding carboxylic acids is 2. The van der Waals surface area contributed by atoms with Crippen LogP contribution in [0.5, 0.6) is 0 Å². The lowest BCUT2D eigenvalue weighted by Crippen LogP contribution is -2.49. The molecule has 0 aromatic carbocycles. The van der Waals surface area contributed by atoms with Gasteiger partial charge >= 0.3 is 18.2 Å². The number of carboxylic acid groups (broad SMARTS) is 1. The van der Waals surface area contributed by atoms with E-state index >= 15 is 0 Å². The Bertz CT molecular complexity index is 656. The fourth-order valence-corrected chi connectivity index (χ4v) is 4.26. The van der Waals surface area contributed by atoms with Crippen LogP contribution < -0.4 is 0 Å². The Labute approximate surface area is 170 Å². The zero-order valence-electron chi connectivity index (χ0n) is 16.8. The number of nitrogens with zero attached hydrogens (tertiary/aromatic N) is 1. The molecule has 2 rings (SSSR count). The smallest absolute Gasteiger partial charge is 0.416 e. The number of aliphatic carboxylic acids is 1. The van der Waals surface area contributed by atoms with Crippen molar-refractivity contribution in [3.05, 3.63) is 0 Å². The number of rotatable bonds is 7. The number of alkyl halides is 5. The molecule has 2 unspecified atom stereocenters. The first kappa shape index (κ1) is 24.3. The number of ether oxygens (including phenoxy) is 1. The molecule has 172 valence electrons. The van der Waals surface area contributed by atoms with E-state index in [1.54, 1.807) is 13.8 Å². The maximum absolute atomic E-state index is 13.5. The fourth-order valence-electron chi connectivity index (χ4n) is 4.26. The van der Waals surface area contributed by atoms with Crippen molar-refractivity contribution in [3.63, 3.8) is 0 Å². The molecule has 1 saturated carbocycles. The summed E-state index contributed by atoms with van der Waals surface area (Å²) in [6.45, 7) is 3.24. The van der Waals surface area contributed by atoms with Gasteiger partial charge in [0.15, 0.2) is 0 Å². The maximum Gasteiger partial charge on any atom is 0.416 e. The van der Waals surface area contributed by atoms with Crippen LogP contribution in [0.3, 0.4) is 0 Å². The molecule has 0 spiro atoms. The van der Waals surface area contributed by atoms with Crippen LogP contribution in [0.1, 0.15) is 52.4 Å². The van der Waals surface area contributed by atoms with Gasteiger partial charge in [-0.15, -0.1) is 0 Å². The maximum atomic E-state index is 13.5. The molecule has 0 aromatic heterocycles. The number of cyclic esters (lactones) is 1. The number of carbonyl (C=O) groups is 3. The highest BCUT2D eigenvalue weighted by Crippen LogP contribution is 2.43. The first-order valence-corrected chi connectivity index (χ1v) is 9.90. The van der Waals surface area contributed by atoms with Crippen LogP contribution >= 0.6 is 0 Å². The van der Waals surface area contributed by atoms with Gasteiger partial charge in [-0.3, -0.25) is 9.59 Å². The molecule has 2 fully saturated rings. The second-order valence-corrected chi connectivity index (χ2v) is 8.41. The third-order valence-electron chi connectivity index (χ3n) is 5.96. The SMILES string of the molecule is CC(C)[C@H]1COC(=O)N1C(=O)C(CCC(F)(F)F)C(C(=O)O)C1CCC(F)(F)CC1. The van der Waals surface area contributed by atoms with Crippen LogP contribution in [0.15, 0.2) is 0 Å². The molecule has 1 N–H and O–H groups in total. The summed E-state index contributed by atoms with van der Waals surface area (Å²) in [4.78, 5) is 37.9. The molecule has 6 nitrogen and oxygen atoms in total. The molecule has 11 heteroatoms. The molecule has 2 aliphatic rings. The van der Waals surface area contributed by atoms with E-state index in [-0.39, 0.29) is 25.4 Å². The van der Waals surface area contributed by atoms with Crippen LogP contribution in [0.25, 0.3) is 0 Å². The zero-order chi connectivity index (χ0) is 22.9. The largest absolute Gasteiger partial charge is 0.481 e. The Morgan fingerprint density at radius 3 is 2.27 bits per heavy atom. The average molecular weight is 443 g/mol. The lowest BCUT2D eigenvalue weighted by molar-refractivity contribution is -0.160. The van der Waals surface area contributed by atoms with E-state index in [1.165, 1.54) is 0 Å². The van der Waals surface area contributed by atoms with E-state index in [0.29, 0.717) is 4.90 Å². The van der Waals surface area contributed by atoms with E-state index in [4.69, 9.17) is 4.74 Å². The minimum absolute atomic E-state index is 0.137. The van der Waals surface area contributed by atoms with E-state index in [9.17, 15) is 41.4 Å². The molecule has 1 saturated heterocycles. The molecular weight excluding hydrogens is 417 g/mol. The van der Waals surface area contributed by atoms with E-state index in [0.717, 1.165) is 0 Å². The van der Waals surface area contributed by atoms with Crippen LogP contribution in [-0.4, -0.2) is 52.7 Å². The van der Waals surface area contributed by atoms with Gasteiger partial charge in [-0.25, -0.2) is 18.5 Å². The minimum atomic E-state index is -4.65. The Morgan fingerprint density at radius 2 is 1.80 bits per heavy atom. The lowest BCUT2D eigenvalue weighted by Gasteiger charge is -2.36. The summed E-state index contributed by atoms with van der Waals surface area (Å²) in [5.41, 5.74) is 0. The predicted octanol–water partition coefficient (Wildman–Crippen LogP) is 4.47. The second kappa shape index (κ2) is 9.05. The molecule has 0 radical (unpaired) electrons. The standard InChI is InChI=1S/C19H26F5NO5/c1-10(2)13-9-30-17(29)25(13)15(26)12(5-8-19(22,23)24)14(16(27)28)11-3-6-18(20,21)7-4-11/h10-14H,3-9H2,1-2H3,(H,27,28)/t12?,13-,14?/m1/s1. The van der Waals surface area contributed by atoms with Crippen molar-refractivity contribution in [1.82, 2.24) is 4.90 Å². The van der Waals surface area contributed by atoms with Crippen molar-refractivity contribution >= 4 is 18.0 Å². The molecule has 0 aromatic rings. The number of halogens is 5. The van der Waals surface area contributed by atoms with E-state index in [1.807, 2.05) is 0 Å². The normalized spacial score (nSPS) is 24.6. The number of hydrogen-bond acceptors (Lipinski definition) is 4. The topological polar surface area (TPSA) is 83.9 Å². The molecule has 0 bridgehead atoms. The summed E-state index contributed by atoms with van der Waals surface area (Å²) in [5.74, 6) is -9.97. The summed E-state index contributed by atoms with van der Waals surface area (Å²) >= 11 is 0. The number of imide groups is 1. The minimum Gasteiger partial charge on any atom is -0.481 e. The molecule has 1 aliphatic heterocycles.